The van der Waals surface area contributed by atoms with E-state index in [0.29, 0.717) is 6.42 Å². The third-order valence-electron chi connectivity index (χ3n) is 2.82. The highest BCUT2D eigenvalue weighted by Gasteiger charge is 2.23. The third-order valence-corrected chi connectivity index (χ3v) is 4.22. The first-order valence-electron chi connectivity index (χ1n) is 6.23. The van der Waals surface area contributed by atoms with E-state index in [2.05, 4.69) is 4.72 Å². The van der Waals surface area contributed by atoms with Crippen molar-refractivity contribution in [2.75, 3.05) is 6.54 Å². The summed E-state index contributed by atoms with van der Waals surface area (Å²) in [6, 6.07) is 5.07. The topological polar surface area (TPSA) is 104 Å². The molecule has 0 saturated carbocycles. The zero-order chi connectivity index (χ0) is 15.4. The Bertz CT molecular complexity index is 580. The molecule has 3 N–H and O–H groups in total. The second-order valence-electron chi connectivity index (χ2n) is 4.90. The van der Waals surface area contributed by atoms with Crippen LogP contribution in [0.3, 0.4) is 0 Å². The number of hydrogen-bond acceptors (Lipinski definition) is 4. The lowest BCUT2D eigenvalue weighted by molar-refractivity contribution is 0.0554. The van der Waals surface area contributed by atoms with Crippen molar-refractivity contribution < 1.29 is 23.4 Å². The van der Waals surface area contributed by atoms with E-state index in [4.69, 9.17) is 5.11 Å². The van der Waals surface area contributed by atoms with Gasteiger partial charge in [-0.1, -0.05) is 19.4 Å². The van der Waals surface area contributed by atoms with Crippen molar-refractivity contribution in [2.24, 2.45) is 0 Å². The molecular formula is C13H19NO5S. The van der Waals surface area contributed by atoms with Crippen LogP contribution in [0, 0.1) is 0 Å². The van der Waals surface area contributed by atoms with Gasteiger partial charge >= 0.3 is 5.97 Å². The Morgan fingerprint density at radius 2 is 2.05 bits per heavy atom. The first kappa shape index (κ1) is 16.6. The zero-order valence-corrected chi connectivity index (χ0v) is 12.3. The number of sulfonamides is 1. The van der Waals surface area contributed by atoms with Crippen LogP contribution in [0.1, 0.15) is 37.0 Å². The minimum absolute atomic E-state index is 0.104. The summed E-state index contributed by atoms with van der Waals surface area (Å²) in [7, 11) is -3.84. The van der Waals surface area contributed by atoms with Crippen molar-refractivity contribution in [1.82, 2.24) is 4.72 Å². The number of aliphatic hydroxyl groups is 1. The van der Waals surface area contributed by atoms with Gasteiger partial charge in [-0.3, -0.25) is 0 Å². The van der Waals surface area contributed by atoms with Gasteiger partial charge in [0.15, 0.2) is 0 Å². The van der Waals surface area contributed by atoms with E-state index < -0.39 is 21.6 Å². The molecule has 0 heterocycles. The van der Waals surface area contributed by atoms with Gasteiger partial charge in [0.1, 0.15) is 0 Å². The van der Waals surface area contributed by atoms with Gasteiger partial charge < -0.3 is 10.2 Å². The average molecular weight is 301 g/mol. The van der Waals surface area contributed by atoms with Crippen LogP contribution in [0.5, 0.6) is 0 Å². The second kappa shape index (κ2) is 6.34. The van der Waals surface area contributed by atoms with Crippen molar-refractivity contribution in [3.05, 3.63) is 29.8 Å². The Morgan fingerprint density at radius 3 is 2.60 bits per heavy atom. The molecule has 0 aliphatic heterocycles. The van der Waals surface area contributed by atoms with Crippen molar-refractivity contribution in [1.29, 1.82) is 0 Å². The quantitative estimate of drug-likeness (QED) is 0.702. The largest absolute Gasteiger partial charge is 0.478 e. The van der Waals surface area contributed by atoms with Gasteiger partial charge in [-0.25, -0.2) is 17.9 Å². The molecule has 1 aromatic carbocycles. The lowest BCUT2D eigenvalue weighted by atomic mass is 10.0. The molecule has 1 rings (SSSR count). The molecule has 0 saturated heterocycles. The first-order chi connectivity index (χ1) is 9.18. The molecule has 0 radical (unpaired) electrons. The molecule has 0 spiro atoms. The Balaban J connectivity index is 2.89. The normalized spacial score (nSPS) is 14.8. The second-order valence-corrected chi connectivity index (χ2v) is 6.67. The molecule has 1 unspecified atom stereocenters. The molecule has 0 amide bonds. The van der Waals surface area contributed by atoms with Crippen LogP contribution in [-0.4, -0.2) is 36.7 Å². The molecule has 0 aromatic heterocycles. The average Bonchev–Trinajstić information content (AvgIpc) is 2.37. The van der Waals surface area contributed by atoms with Crippen molar-refractivity contribution in [3.63, 3.8) is 0 Å². The van der Waals surface area contributed by atoms with Crippen LogP contribution in [0.15, 0.2) is 29.2 Å². The lowest BCUT2D eigenvalue weighted by Gasteiger charge is -2.22. The standard InChI is InChI=1S/C13H19NO5S/c1-3-7-13(2,17)9-14-20(18,19)11-6-4-5-10(8-11)12(15)16/h4-6,8,14,17H,3,7,9H2,1-2H3,(H,15,16). The summed E-state index contributed by atoms with van der Waals surface area (Å²) in [4.78, 5) is 10.7. The van der Waals surface area contributed by atoms with Crippen molar-refractivity contribution >= 4 is 16.0 Å². The van der Waals surface area contributed by atoms with Gasteiger partial charge in [-0.2, -0.15) is 0 Å². The number of carboxylic acid groups (broad SMARTS) is 1. The Kier molecular flexibility index (Phi) is 5.27. The number of benzene rings is 1. The predicted octanol–water partition coefficient (Wildman–Crippen LogP) is 1.21. The fourth-order valence-electron chi connectivity index (χ4n) is 1.76. The summed E-state index contributed by atoms with van der Waals surface area (Å²) in [5, 5.41) is 18.8. The molecule has 0 fully saturated rings. The SMILES string of the molecule is CCCC(C)(O)CNS(=O)(=O)c1cccc(C(=O)O)c1. The predicted molar refractivity (Wildman–Crippen MR) is 74.1 cm³/mol. The number of aromatic carboxylic acids is 1. The van der Waals surface area contributed by atoms with E-state index in [9.17, 15) is 18.3 Å². The smallest absolute Gasteiger partial charge is 0.335 e. The maximum absolute atomic E-state index is 12.0. The Labute approximate surface area is 118 Å². The molecule has 0 aliphatic carbocycles. The molecule has 112 valence electrons. The highest BCUT2D eigenvalue weighted by Crippen LogP contribution is 2.14. The van der Waals surface area contributed by atoms with E-state index in [1.807, 2.05) is 6.92 Å². The first-order valence-corrected chi connectivity index (χ1v) is 7.72. The summed E-state index contributed by atoms with van der Waals surface area (Å²) in [5.41, 5.74) is -1.24. The van der Waals surface area contributed by atoms with Gasteiger partial charge in [0, 0.05) is 6.54 Å². The molecular weight excluding hydrogens is 282 g/mol. The van der Waals surface area contributed by atoms with E-state index in [0.717, 1.165) is 12.5 Å². The summed E-state index contributed by atoms with van der Waals surface area (Å²) in [6.07, 6.45) is 1.19. The van der Waals surface area contributed by atoms with Gasteiger partial charge in [0.05, 0.1) is 16.1 Å². The maximum atomic E-state index is 12.0. The number of carbonyl (C=O) groups is 1. The summed E-state index contributed by atoms with van der Waals surface area (Å²) in [6.45, 7) is 3.31. The fraction of sp³-hybridized carbons (Fsp3) is 0.462. The van der Waals surface area contributed by atoms with Gasteiger partial charge in [-0.15, -0.1) is 0 Å². The molecule has 0 bridgehead atoms. The number of nitrogens with one attached hydrogen (secondary N) is 1. The maximum Gasteiger partial charge on any atom is 0.335 e. The highest BCUT2D eigenvalue weighted by atomic mass is 32.2. The monoisotopic (exact) mass is 301 g/mol. The van der Waals surface area contributed by atoms with E-state index >= 15 is 0 Å². The Hall–Kier alpha value is -1.44. The zero-order valence-electron chi connectivity index (χ0n) is 11.5. The van der Waals surface area contributed by atoms with Crippen LogP contribution in [0.2, 0.25) is 0 Å². The summed E-state index contributed by atoms with van der Waals surface area (Å²) < 4.78 is 26.4. The van der Waals surface area contributed by atoms with Crippen LogP contribution in [-0.2, 0) is 10.0 Å². The van der Waals surface area contributed by atoms with E-state index in [-0.39, 0.29) is 17.0 Å². The molecule has 7 heteroatoms. The lowest BCUT2D eigenvalue weighted by Crippen LogP contribution is -2.40. The minimum Gasteiger partial charge on any atom is -0.478 e. The van der Waals surface area contributed by atoms with Gasteiger partial charge in [0.2, 0.25) is 10.0 Å². The molecule has 0 aliphatic rings. The highest BCUT2D eigenvalue weighted by molar-refractivity contribution is 7.89. The van der Waals surface area contributed by atoms with Crippen LogP contribution >= 0.6 is 0 Å². The summed E-state index contributed by atoms with van der Waals surface area (Å²) in [5.74, 6) is -1.19. The van der Waals surface area contributed by atoms with Crippen LogP contribution < -0.4 is 4.72 Å². The van der Waals surface area contributed by atoms with E-state index in [1.54, 1.807) is 6.92 Å². The molecule has 6 nitrogen and oxygen atoms in total. The molecule has 20 heavy (non-hydrogen) atoms. The number of hydrogen-bond donors (Lipinski definition) is 3. The van der Waals surface area contributed by atoms with E-state index in [1.165, 1.54) is 18.2 Å². The number of rotatable bonds is 7. The minimum atomic E-state index is -3.84. The van der Waals surface area contributed by atoms with Crippen LogP contribution in [0.25, 0.3) is 0 Å². The van der Waals surface area contributed by atoms with Crippen molar-refractivity contribution in [3.8, 4) is 0 Å². The van der Waals surface area contributed by atoms with Crippen molar-refractivity contribution in [2.45, 2.75) is 37.2 Å². The fourth-order valence-corrected chi connectivity index (χ4v) is 2.96. The third kappa shape index (κ3) is 4.59. The van der Waals surface area contributed by atoms with Gasteiger partial charge in [-0.05, 0) is 31.5 Å². The Morgan fingerprint density at radius 1 is 1.40 bits per heavy atom. The van der Waals surface area contributed by atoms with Crippen LogP contribution in [0.4, 0.5) is 0 Å². The van der Waals surface area contributed by atoms with Gasteiger partial charge in [0.25, 0.3) is 0 Å². The molecule has 1 aromatic rings. The number of carboxylic acids is 1. The summed E-state index contributed by atoms with van der Waals surface area (Å²) >= 11 is 0. The molecule has 1 atom stereocenters.